The van der Waals surface area contributed by atoms with E-state index in [-0.39, 0.29) is 11.3 Å². The van der Waals surface area contributed by atoms with E-state index in [1.54, 1.807) is 0 Å². The standard InChI is InChI=1S/C13H26N2O/c1-9(12(2,3)4)8-15-11(16)13(5,14)10-6-7-10/h9-10H,6-8,14H2,1-5H3,(H,15,16). The first-order chi connectivity index (χ1) is 7.15. The van der Waals surface area contributed by atoms with Crippen molar-refractivity contribution in [3.05, 3.63) is 0 Å². The fraction of sp³-hybridized carbons (Fsp3) is 0.923. The Labute approximate surface area is 99.2 Å². The van der Waals surface area contributed by atoms with Crippen LogP contribution in [-0.2, 0) is 4.79 Å². The summed E-state index contributed by atoms with van der Waals surface area (Å²) in [5, 5.41) is 2.99. The van der Waals surface area contributed by atoms with Gasteiger partial charge in [-0.1, -0.05) is 27.7 Å². The van der Waals surface area contributed by atoms with Crippen LogP contribution in [0.25, 0.3) is 0 Å². The second-order valence-electron chi connectivity index (χ2n) is 6.53. The zero-order chi connectivity index (χ0) is 12.6. The lowest BCUT2D eigenvalue weighted by Gasteiger charge is -2.29. The van der Waals surface area contributed by atoms with Gasteiger partial charge in [-0.05, 0) is 37.0 Å². The summed E-state index contributed by atoms with van der Waals surface area (Å²) in [4.78, 5) is 11.9. The van der Waals surface area contributed by atoms with Crippen molar-refractivity contribution < 1.29 is 4.79 Å². The number of hydrogen-bond donors (Lipinski definition) is 2. The van der Waals surface area contributed by atoms with E-state index in [2.05, 4.69) is 33.0 Å². The summed E-state index contributed by atoms with van der Waals surface area (Å²) in [7, 11) is 0. The van der Waals surface area contributed by atoms with Gasteiger partial charge in [0.05, 0.1) is 5.54 Å². The van der Waals surface area contributed by atoms with Crippen molar-refractivity contribution in [2.45, 2.75) is 53.0 Å². The minimum Gasteiger partial charge on any atom is -0.354 e. The maximum absolute atomic E-state index is 11.9. The normalized spacial score (nSPS) is 22.4. The van der Waals surface area contributed by atoms with E-state index in [0.29, 0.717) is 18.4 Å². The fourth-order valence-corrected chi connectivity index (χ4v) is 1.61. The van der Waals surface area contributed by atoms with Crippen molar-refractivity contribution in [1.29, 1.82) is 0 Å². The summed E-state index contributed by atoms with van der Waals surface area (Å²) in [5.74, 6) is 0.843. The Balaban J connectivity index is 2.41. The zero-order valence-electron chi connectivity index (χ0n) is 11.3. The van der Waals surface area contributed by atoms with Gasteiger partial charge in [0.2, 0.25) is 5.91 Å². The Morgan fingerprint density at radius 2 is 1.88 bits per heavy atom. The van der Waals surface area contributed by atoms with Crippen LogP contribution < -0.4 is 11.1 Å². The van der Waals surface area contributed by atoms with Crippen LogP contribution in [0.1, 0.15) is 47.5 Å². The van der Waals surface area contributed by atoms with Gasteiger partial charge in [-0.2, -0.15) is 0 Å². The van der Waals surface area contributed by atoms with Crippen LogP contribution in [0.4, 0.5) is 0 Å². The molecule has 2 unspecified atom stereocenters. The van der Waals surface area contributed by atoms with Crippen LogP contribution in [0.3, 0.4) is 0 Å². The van der Waals surface area contributed by atoms with Crippen LogP contribution in [0.5, 0.6) is 0 Å². The summed E-state index contributed by atoms with van der Waals surface area (Å²) in [6, 6.07) is 0. The van der Waals surface area contributed by atoms with Gasteiger partial charge in [-0.3, -0.25) is 4.79 Å². The molecule has 1 rings (SSSR count). The number of hydrogen-bond acceptors (Lipinski definition) is 2. The van der Waals surface area contributed by atoms with E-state index in [0.717, 1.165) is 12.8 Å². The maximum Gasteiger partial charge on any atom is 0.240 e. The topological polar surface area (TPSA) is 55.1 Å². The molecule has 0 spiro atoms. The molecule has 1 aliphatic rings. The second-order valence-corrected chi connectivity index (χ2v) is 6.53. The molecule has 3 N–H and O–H groups in total. The van der Waals surface area contributed by atoms with Gasteiger partial charge in [0.15, 0.2) is 0 Å². The molecule has 3 heteroatoms. The summed E-state index contributed by atoms with van der Waals surface area (Å²) < 4.78 is 0. The highest BCUT2D eigenvalue weighted by molar-refractivity contribution is 5.86. The van der Waals surface area contributed by atoms with Crippen molar-refractivity contribution in [3.8, 4) is 0 Å². The minimum absolute atomic E-state index is 0.00565. The molecule has 0 saturated heterocycles. The van der Waals surface area contributed by atoms with Gasteiger partial charge in [-0.15, -0.1) is 0 Å². The number of rotatable bonds is 4. The zero-order valence-corrected chi connectivity index (χ0v) is 11.3. The minimum atomic E-state index is -0.669. The third kappa shape index (κ3) is 3.21. The summed E-state index contributed by atoms with van der Waals surface area (Å²) in [6.45, 7) is 11.3. The SMILES string of the molecule is CC(CNC(=O)C(C)(N)C1CC1)C(C)(C)C. The van der Waals surface area contributed by atoms with E-state index in [9.17, 15) is 4.79 Å². The molecule has 0 heterocycles. The van der Waals surface area contributed by atoms with Gasteiger partial charge in [-0.25, -0.2) is 0 Å². The van der Waals surface area contributed by atoms with Crippen molar-refractivity contribution >= 4 is 5.91 Å². The van der Waals surface area contributed by atoms with Crippen LogP contribution >= 0.6 is 0 Å². The van der Waals surface area contributed by atoms with Crippen LogP contribution in [0.15, 0.2) is 0 Å². The second kappa shape index (κ2) is 4.36. The van der Waals surface area contributed by atoms with Gasteiger partial charge in [0, 0.05) is 6.54 Å². The van der Waals surface area contributed by atoms with Gasteiger partial charge in [0.1, 0.15) is 0 Å². The van der Waals surface area contributed by atoms with E-state index < -0.39 is 5.54 Å². The quantitative estimate of drug-likeness (QED) is 0.769. The molecule has 1 fully saturated rings. The van der Waals surface area contributed by atoms with Crippen LogP contribution in [0, 0.1) is 17.3 Å². The number of amides is 1. The summed E-state index contributed by atoms with van der Waals surface area (Å²) >= 11 is 0. The van der Waals surface area contributed by atoms with Crippen molar-refractivity contribution in [3.63, 3.8) is 0 Å². The molecule has 0 aromatic heterocycles. The van der Waals surface area contributed by atoms with E-state index in [4.69, 9.17) is 5.73 Å². The Morgan fingerprint density at radius 1 is 1.38 bits per heavy atom. The number of nitrogens with one attached hydrogen (secondary N) is 1. The molecule has 0 radical (unpaired) electrons. The Kier molecular flexibility index (Phi) is 3.68. The fourth-order valence-electron chi connectivity index (χ4n) is 1.61. The summed E-state index contributed by atoms with van der Waals surface area (Å²) in [6.07, 6.45) is 2.19. The largest absolute Gasteiger partial charge is 0.354 e. The lowest BCUT2D eigenvalue weighted by atomic mass is 9.82. The average molecular weight is 226 g/mol. The smallest absolute Gasteiger partial charge is 0.240 e. The molecule has 2 atom stereocenters. The predicted molar refractivity (Wildman–Crippen MR) is 66.9 cm³/mol. The molecule has 0 aromatic carbocycles. The number of nitrogens with two attached hydrogens (primary N) is 1. The highest BCUT2D eigenvalue weighted by Gasteiger charge is 2.44. The highest BCUT2D eigenvalue weighted by atomic mass is 16.2. The number of carbonyl (C=O) groups is 1. The van der Waals surface area contributed by atoms with E-state index in [1.165, 1.54) is 0 Å². The Hall–Kier alpha value is -0.570. The van der Waals surface area contributed by atoms with Crippen LogP contribution in [0.2, 0.25) is 0 Å². The molecule has 0 aromatic rings. The molecule has 1 amide bonds. The molecule has 1 saturated carbocycles. The van der Waals surface area contributed by atoms with Crippen molar-refractivity contribution in [2.24, 2.45) is 23.0 Å². The van der Waals surface area contributed by atoms with Gasteiger partial charge < -0.3 is 11.1 Å². The summed E-state index contributed by atoms with van der Waals surface area (Å²) in [5.41, 5.74) is 5.60. The molecule has 0 bridgehead atoms. The predicted octanol–water partition coefficient (Wildman–Crippen LogP) is 1.91. The lowest BCUT2D eigenvalue weighted by Crippen LogP contribution is -2.54. The first-order valence-electron chi connectivity index (χ1n) is 6.23. The van der Waals surface area contributed by atoms with E-state index >= 15 is 0 Å². The molecule has 94 valence electrons. The van der Waals surface area contributed by atoms with Crippen molar-refractivity contribution in [1.82, 2.24) is 5.32 Å². The molecule has 1 aliphatic carbocycles. The first-order valence-corrected chi connectivity index (χ1v) is 6.23. The molecule has 16 heavy (non-hydrogen) atoms. The third-order valence-corrected chi connectivity index (χ3v) is 3.96. The maximum atomic E-state index is 11.9. The Morgan fingerprint density at radius 3 is 2.25 bits per heavy atom. The van der Waals surface area contributed by atoms with Gasteiger partial charge in [0.25, 0.3) is 0 Å². The molecular weight excluding hydrogens is 200 g/mol. The average Bonchev–Trinajstić information content (AvgIpc) is 2.94. The van der Waals surface area contributed by atoms with E-state index in [1.807, 2.05) is 6.92 Å². The highest BCUT2D eigenvalue weighted by Crippen LogP contribution is 2.38. The van der Waals surface area contributed by atoms with Crippen molar-refractivity contribution in [2.75, 3.05) is 6.54 Å². The monoisotopic (exact) mass is 226 g/mol. The molecular formula is C13H26N2O. The molecule has 3 nitrogen and oxygen atoms in total. The number of carbonyl (C=O) groups excluding carboxylic acids is 1. The lowest BCUT2D eigenvalue weighted by molar-refractivity contribution is -0.126. The Bertz CT molecular complexity index is 262. The third-order valence-electron chi connectivity index (χ3n) is 3.96. The van der Waals surface area contributed by atoms with Crippen LogP contribution in [-0.4, -0.2) is 18.0 Å². The van der Waals surface area contributed by atoms with Gasteiger partial charge >= 0.3 is 0 Å². The first kappa shape index (κ1) is 13.5. The molecule has 0 aliphatic heterocycles.